The molecule has 8 atom stereocenters. The summed E-state index contributed by atoms with van der Waals surface area (Å²) in [6.45, 7) is 5.61. The maximum Gasteiger partial charge on any atom is 0.306 e. The summed E-state index contributed by atoms with van der Waals surface area (Å²) in [6, 6.07) is -1.04. The van der Waals surface area contributed by atoms with Crippen molar-refractivity contribution < 1.29 is 49.3 Å². The Balaban J connectivity index is 2.61. The lowest BCUT2D eigenvalue weighted by molar-refractivity contribution is -0.305. The van der Waals surface area contributed by atoms with Gasteiger partial charge >= 0.3 is 5.97 Å². The number of rotatable bonds is 52. The van der Waals surface area contributed by atoms with Crippen molar-refractivity contribution in [1.82, 2.24) is 5.32 Å². The van der Waals surface area contributed by atoms with Gasteiger partial charge in [-0.25, -0.2) is 0 Å². The third kappa shape index (κ3) is 41.6. The molecule has 8 unspecified atom stereocenters. The zero-order valence-corrected chi connectivity index (χ0v) is 49.5. The van der Waals surface area contributed by atoms with Crippen molar-refractivity contribution in [2.45, 2.75) is 301 Å². The predicted octanol–water partition coefficient (Wildman–Crippen LogP) is 15.1. The average molecular weight is 1090 g/mol. The molecule has 1 fully saturated rings. The van der Waals surface area contributed by atoms with Gasteiger partial charge in [0.05, 0.1) is 25.4 Å². The summed E-state index contributed by atoms with van der Waals surface area (Å²) in [5, 5.41) is 56.9. The van der Waals surface area contributed by atoms with Gasteiger partial charge in [0.25, 0.3) is 0 Å². The lowest BCUT2D eigenvalue weighted by Crippen LogP contribution is -2.61. The van der Waals surface area contributed by atoms with Crippen LogP contribution in [0.4, 0.5) is 0 Å². The number of carbonyl (C=O) groups is 2. The molecule has 1 saturated heterocycles. The van der Waals surface area contributed by atoms with Gasteiger partial charge in [0.15, 0.2) is 12.4 Å². The molecule has 1 rings (SSSR count). The number of hydrogen-bond acceptors (Lipinski definition) is 10. The highest BCUT2D eigenvalue weighted by Gasteiger charge is 2.47. The molecule has 0 aliphatic carbocycles. The first-order valence-electron chi connectivity index (χ1n) is 31.5. The molecular weight excluding hydrogens is 979 g/mol. The Morgan fingerprint density at radius 3 is 1.41 bits per heavy atom. The van der Waals surface area contributed by atoms with E-state index < -0.39 is 67.4 Å². The highest BCUT2D eigenvalue weighted by molar-refractivity contribution is 5.80. The monoisotopic (exact) mass is 1090 g/mol. The van der Waals surface area contributed by atoms with E-state index in [1.54, 1.807) is 6.08 Å². The molecule has 0 aromatic heterocycles. The van der Waals surface area contributed by atoms with Gasteiger partial charge in [-0.15, -0.1) is 0 Å². The van der Waals surface area contributed by atoms with Crippen LogP contribution in [0.3, 0.4) is 0 Å². The van der Waals surface area contributed by atoms with Crippen LogP contribution in [0.25, 0.3) is 0 Å². The molecule has 1 amide bonds. The summed E-state index contributed by atoms with van der Waals surface area (Å²) in [4.78, 5) is 26.5. The number of carbonyl (C=O) groups excluding carboxylic acids is 2. The molecule has 0 aromatic rings. The molecule has 1 aliphatic rings. The Morgan fingerprint density at radius 2 is 0.923 bits per heavy atom. The first-order chi connectivity index (χ1) is 38.2. The Labute approximate surface area is 475 Å². The summed E-state index contributed by atoms with van der Waals surface area (Å²) < 4.78 is 17.6. The van der Waals surface area contributed by atoms with E-state index in [2.05, 4.69) is 111 Å². The second kappa shape index (κ2) is 54.2. The van der Waals surface area contributed by atoms with Gasteiger partial charge in [0.2, 0.25) is 5.91 Å². The highest BCUT2D eigenvalue weighted by atomic mass is 16.7. The molecule has 0 aromatic carbocycles. The number of unbranched alkanes of at least 4 members (excludes halogenated alkanes) is 24. The van der Waals surface area contributed by atoms with Crippen LogP contribution in [-0.4, -0.2) is 99.6 Å². The first-order valence-corrected chi connectivity index (χ1v) is 31.5. The summed E-state index contributed by atoms with van der Waals surface area (Å²) in [5.41, 5.74) is 0. The first kappa shape index (κ1) is 72.6. The van der Waals surface area contributed by atoms with Crippen molar-refractivity contribution in [2.75, 3.05) is 13.2 Å². The van der Waals surface area contributed by atoms with Crippen molar-refractivity contribution >= 4 is 11.9 Å². The summed E-state index contributed by atoms with van der Waals surface area (Å²) in [5.74, 6) is -1.23. The minimum Gasteiger partial charge on any atom is -0.454 e. The molecule has 448 valence electrons. The van der Waals surface area contributed by atoms with Crippen molar-refractivity contribution in [1.29, 1.82) is 0 Å². The van der Waals surface area contributed by atoms with Crippen LogP contribution in [0.2, 0.25) is 0 Å². The Morgan fingerprint density at radius 1 is 0.513 bits per heavy atom. The normalized spacial score (nSPS) is 19.6. The van der Waals surface area contributed by atoms with E-state index in [-0.39, 0.29) is 19.4 Å². The number of hydrogen-bond donors (Lipinski definition) is 6. The second-order valence-corrected chi connectivity index (χ2v) is 21.4. The summed E-state index contributed by atoms with van der Waals surface area (Å²) in [7, 11) is 0. The van der Waals surface area contributed by atoms with Crippen LogP contribution < -0.4 is 5.32 Å². The third-order valence-corrected chi connectivity index (χ3v) is 14.2. The molecule has 11 nitrogen and oxygen atoms in total. The number of aliphatic hydroxyl groups is 5. The van der Waals surface area contributed by atoms with E-state index in [4.69, 9.17) is 14.2 Å². The SMILES string of the molecule is CC/C=C/C/C=C/C/C=C/CCCCCC(O)C(=O)NC(COC1OC(CO)C(O)C(O)C1OC(=O)CCCCCCCCCCC/C=C\C/C=C\C/C=C\C/C=C\CCCCC)C(O)/C=C/CCCCCCCCCCC. The van der Waals surface area contributed by atoms with Gasteiger partial charge in [0.1, 0.15) is 24.4 Å². The molecule has 1 heterocycles. The lowest BCUT2D eigenvalue weighted by atomic mass is 9.99. The molecule has 1 aliphatic heterocycles. The molecule has 0 bridgehead atoms. The Kier molecular flexibility index (Phi) is 50.4. The van der Waals surface area contributed by atoms with Gasteiger partial charge in [-0.2, -0.15) is 0 Å². The molecule has 0 spiro atoms. The summed E-state index contributed by atoms with van der Waals surface area (Å²) >= 11 is 0. The van der Waals surface area contributed by atoms with Gasteiger partial charge < -0.3 is 45.1 Å². The molecule has 0 saturated carbocycles. The Bertz CT molecular complexity index is 1630. The fourth-order valence-electron chi connectivity index (χ4n) is 9.24. The van der Waals surface area contributed by atoms with E-state index in [0.29, 0.717) is 12.8 Å². The standard InChI is InChI=1S/C67H115NO10/c1-4-7-10-13-16-19-22-24-25-26-27-28-29-30-31-32-33-34-35-37-40-43-46-49-52-55-62(72)78-65-64(74)63(73)61(56-69)77-67(65)76-57-58(59(70)53-50-47-44-41-38-21-18-15-12-9-6-3)68-66(75)60(71)54-51-48-45-42-39-36-23-20-17-14-11-8-5-2/h8,11,16-17,19-20,24-25,27-28,30-31,36,39,50,53,58-61,63-65,67,69-71,73-74H,4-7,9-10,12-15,18,21-23,26,29,32-35,37-38,40-49,51-52,54-57H2,1-3H3,(H,68,75)/b11-8+,19-16-,20-17+,25-24-,28-27-,31-30-,39-36+,53-50+. The maximum absolute atomic E-state index is 13.4. The molecule has 0 radical (unpaired) electrons. The largest absolute Gasteiger partial charge is 0.454 e. The van der Waals surface area contributed by atoms with Gasteiger partial charge in [-0.1, -0.05) is 240 Å². The number of allylic oxidation sites excluding steroid dienone is 15. The number of ether oxygens (including phenoxy) is 3. The quantitative estimate of drug-likeness (QED) is 0.0195. The fourth-order valence-corrected chi connectivity index (χ4v) is 9.24. The zero-order valence-electron chi connectivity index (χ0n) is 49.5. The van der Waals surface area contributed by atoms with Crippen LogP contribution in [-0.2, 0) is 23.8 Å². The van der Waals surface area contributed by atoms with Crippen molar-refractivity contribution in [3.63, 3.8) is 0 Å². The van der Waals surface area contributed by atoms with Gasteiger partial charge in [-0.3, -0.25) is 9.59 Å². The van der Waals surface area contributed by atoms with E-state index in [1.165, 1.54) is 89.9 Å². The fraction of sp³-hybridized carbons (Fsp3) is 0.731. The number of esters is 1. The molecular formula is C67H115NO10. The average Bonchev–Trinajstić information content (AvgIpc) is 3.44. The van der Waals surface area contributed by atoms with Crippen LogP contribution in [0, 0.1) is 0 Å². The number of nitrogens with one attached hydrogen (secondary N) is 1. The predicted molar refractivity (Wildman–Crippen MR) is 324 cm³/mol. The Hall–Kier alpha value is -3.42. The summed E-state index contributed by atoms with van der Waals surface area (Å²) in [6.07, 6.45) is 61.7. The van der Waals surface area contributed by atoms with E-state index >= 15 is 0 Å². The molecule has 11 heteroatoms. The topological polar surface area (TPSA) is 175 Å². The van der Waals surface area contributed by atoms with Crippen LogP contribution >= 0.6 is 0 Å². The van der Waals surface area contributed by atoms with Crippen molar-refractivity contribution in [3.8, 4) is 0 Å². The zero-order chi connectivity index (χ0) is 56.8. The van der Waals surface area contributed by atoms with E-state index in [0.717, 1.165) is 116 Å². The molecule has 78 heavy (non-hydrogen) atoms. The minimum atomic E-state index is -1.63. The van der Waals surface area contributed by atoms with E-state index in [9.17, 15) is 35.1 Å². The minimum absolute atomic E-state index is 0.109. The van der Waals surface area contributed by atoms with Gasteiger partial charge in [0, 0.05) is 6.42 Å². The van der Waals surface area contributed by atoms with Crippen molar-refractivity contribution in [2.24, 2.45) is 0 Å². The van der Waals surface area contributed by atoms with Crippen LogP contribution in [0.15, 0.2) is 97.2 Å². The number of aliphatic hydroxyl groups excluding tert-OH is 5. The number of amides is 1. The van der Waals surface area contributed by atoms with Gasteiger partial charge in [-0.05, 0) is 103 Å². The molecule has 6 N–H and O–H groups in total. The smallest absolute Gasteiger partial charge is 0.306 e. The van der Waals surface area contributed by atoms with Crippen LogP contribution in [0.1, 0.15) is 252 Å². The second-order valence-electron chi connectivity index (χ2n) is 21.4. The maximum atomic E-state index is 13.4. The lowest BCUT2D eigenvalue weighted by Gasteiger charge is -2.41. The highest BCUT2D eigenvalue weighted by Crippen LogP contribution is 2.26. The van der Waals surface area contributed by atoms with E-state index in [1.807, 2.05) is 6.08 Å². The van der Waals surface area contributed by atoms with Crippen molar-refractivity contribution in [3.05, 3.63) is 97.2 Å². The van der Waals surface area contributed by atoms with Crippen LogP contribution in [0.5, 0.6) is 0 Å². The third-order valence-electron chi connectivity index (χ3n) is 14.2.